The Morgan fingerprint density at radius 3 is 0.922 bits per heavy atom. The van der Waals surface area contributed by atoms with Crippen LogP contribution in [-0.2, 0) is 14.3 Å². The average molecular weight is 1080 g/mol. The van der Waals surface area contributed by atoms with Crippen LogP contribution in [0.4, 0.5) is 0 Å². The number of rotatable bonds is 66. The maximum absolute atomic E-state index is 12.5. The predicted molar refractivity (Wildman–Crippen MR) is 338 cm³/mol. The molecule has 0 radical (unpaired) electrons. The van der Waals surface area contributed by atoms with Crippen LogP contribution in [-0.4, -0.2) is 47.4 Å². The highest BCUT2D eigenvalue weighted by Gasteiger charge is 2.18. The Balaban J connectivity index is 3.41. The smallest absolute Gasteiger partial charge is 0.305 e. The van der Waals surface area contributed by atoms with Gasteiger partial charge in [0.1, 0.15) is 0 Å². The van der Waals surface area contributed by atoms with Crippen molar-refractivity contribution in [2.24, 2.45) is 0 Å². The van der Waals surface area contributed by atoms with Gasteiger partial charge in [0.2, 0.25) is 5.91 Å². The quantitative estimate of drug-likeness (QED) is 0.0320. The van der Waals surface area contributed by atoms with Gasteiger partial charge in [-0.15, -0.1) is 0 Å². The lowest BCUT2D eigenvalue weighted by molar-refractivity contribution is -0.143. The fourth-order valence-corrected chi connectivity index (χ4v) is 11.1. The number of esters is 1. The molecule has 0 saturated heterocycles. The molecule has 0 aromatic rings. The second kappa shape index (κ2) is 66.8. The number of carbonyl (C=O) groups is 2. The Morgan fingerprint density at radius 1 is 0.351 bits per heavy atom. The van der Waals surface area contributed by atoms with E-state index < -0.39 is 12.1 Å². The van der Waals surface area contributed by atoms with Crippen molar-refractivity contribution in [3.05, 3.63) is 24.3 Å². The third-order valence-corrected chi connectivity index (χ3v) is 16.5. The van der Waals surface area contributed by atoms with Gasteiger partial charge in [0.15, 0.2) is 0 Å². The van der Waals surface area contributed by atoms with Gasteiger partial charge >= 0.3 is 5.97 Å². The highest BCUT2D eigenvalue weighted by Crippen LogP contribution is 2.19. The summed E-state index contributed by atoms with van der Waals surface area (Å²) in [5.74, 6) is -0.0546. The zero-order chi connectivity index (χ0) is 55.7. The first-order chi connectivity index (χ1) is 38.0. The first-order valence-electron chi connectivity index (χ1n) is 35.1. The molecular formula is C71H137NO5. The van der Waals surface area contributed by atoms with Crippen LogP contribution >= 0.6 is 0 Å². The first kappa shape index (κ1) is 75.3. The molecule has 0 rings (SSSR count). The Morgan fingerprint density at radius 2 is 0.610 bits per heavy atom. The van der Waals surface area contributed by atoms with E-state index in [2.05, 4.69) is 31.3 Å². The van der Waals surface area contributed by atoms with E-state index in [0.717, 1.165) is 44.9 Å². The fourth-order valence-electron chi connectivity index (χ4n) is 11.1. The van der Waals surface area contributed by atoms with Crippen LogP contribution in [0.25, 0.3) is 0 Å². The summed E-state index contributed by atoms with van der Waals surface area (Å²) in [4.78, 5) is 24.6. The van der Waals surface area contributed by atoms with E-state index in [1.807, 2.05) is 6.08 Å². The molecule has 0 aliphatic rings. The minimum absolute atomic E-state index is 0.0162. The summed E-state index contributed by atoms with van der Waals surface area (Å²) in [6, 6.07) is -0.633. The highest BCUT2D eigenvalue weighted by atomic mass is 16.5. The van der Waals surface area contributed by atoms with E-state index in [9.17, 15) is 19.8 Å². The summed E-state index contributed by atoms with van der Waals surface area (Å²) in [6.45, 7) is 4.94. The molecular weight excluding hydrogens is 947 g/mol. The lowest BCUT2D eigenvalue weighted by Gasteiger charge is -2.20. The molecule has 77 heavy (non-hydrogen) atoms. The number of aliphatic hydroxyl groups excluding tert-OH is 2. The molecule has 1 amide bonds. The number of ether oxygens (including phenoxy) is 1. The fraction of sp³-hybridized carbons (Fsp3) is 0.915. The van der Waals surface area contributed by atoms with E-state index >= 15 is 0 Å². The van der Waals surface area contributed by atoms with Gasteiger partial charge in [-0.25, -0.2) is 0 Å². The monoisotopic (exact) mass is 1080 g/mol. The van der Waals surface area contributed by atoms with Gasteiger partial charge in [0.25, 0.3) is 0 Å². The van der Waals surface area contributed by atoms with E-state index in [-0.39, 0.29) is 18.5 Å². The maximum atomic E-state index is 12.5. The van der Waals surface area contributed by atoms with Gasteiger partial charge < -0.3 is 20.3 Å². The van der Waals surface area contributed by atoms with Crippen LogP contribution < -0.4 is 5.32 Å². The van der Waals surface area contributed by atoms with Crippen LogP contribution in [0.3, 0.4) is 0 Å². The number of hydrogen-bond donors (Lipinski definition) is 3. The minimum Gasteiger partial charge on any atom is -0.466 e. The molecule has 456 valence electrons. The van der Waals surface area contributed by atoms with Crippen molar-refractivity contribution >= 4 is 11.9 Å². The van der Waals surface area contributed by atoms with Crippen LogP contribution in [0.5, 0.6) is 0 Å². The molecule has 3 N–H and O–H groups in total. The number of allylic oxidation sites excluding steroid dienone is 3. The number of aliphatic hydroxyl groups is 2. The SMILES string of the molecule is CCCCCCCCCCCCCCCCCCC/C=C/C(O)C(CO)NC(=O)CCCCCCCCC/C=C\CCCCCCCCCCCCCCOC(=O)CCCCCCCCCCCCCCCCCCCC. The zero-order valence-corrected chi connectivity index (χ0v) is 52.2. The lowest BCUT2D eigenvalue weighted by atomic mass is 10.0. The molecule has 6 heteroatoms. The van der Waals surface area contributed by atoms with Crippen molar-refractivity contribution in [2.45, 2.75) is 405 Å². The summed E-state index contributed by atoms with van der Waals surface area (Å²) in [6.07, 6.45) is 83.9. The van der Waals surface area contributed by atoms with Crippen LogP contribution in [0.1, 0.15) is 393 Å². The van der Waals surface area contributed by atoms with Gasteiger partial charge in [0.05, 0.1) is 25.4 Å². The number of hydrogen-bond acceptors (Lipinski definition) is 5. The standard InChI is InChI=1S/C71H137NO5/c1-3-5-7-9-11-13-15-17-19-21-28-31-35-39-43-47-51-55-59-63-69(74)68(67-73)72-70(75)64-60-56-52-48-44-40-36-32-29-26-24-23-25-27-30-34-38-42-46-50-54-58-62-66-77-71(76)65-61-57-53-49-45-41-37-33-22-20-18-16-14-12-10-8-6-4-2/h26,29,59,63,68-69,73-74H,3-25,27-28,30-58,60-62,64-67H2,1-2H3,(H,72,75)/b29-26-,63-59+. The zero-order valence-electron chi connectivity index (χ0n) is 52.2. The Hall–Kier alpha value is -1.66. The van der Waals surface area contributed by atoms with E-state index in [0.29, 0.717) is 19.4 Å². The summed E-state index contributed by atoms with van der Waals surface area (Å²) < 4.78 is 5.51. The van der Waals surface area contributed by atoms with Crippen molar-refractivity contribution in [2.75, 3.05) is 13.2 Å². The van der Waals surface area contributed by atoms with Crippen molar-refractivity contribution in [3.8, 4) is 0 Å². The summed E-state index contributed by atoms with van der Waals surface area (Å²) >= 11 is 0. The molecule has 0 spiro atoms. The molecule has 0 aliphatic heterocycles. The van der Waals surface area contributed by atoms with Crippen molar-refractivity contribution in [1.29, 1.82) is 0 Å². The molecule has 0 aromatic carbocycles. The summed E-state index contributed by atoms with van der Waals surface area (Å²) in [5.41, 5.74) is 0. The Kier molecular flexibility index (Phi) is 65.4. The molecule has 0 fully saturated rings. The highest BCUT2D eigenvalue weighted by molar-refractivity contribution is 5.76. The normalized spacial score (nSPS) is 12.6. The minimum atomic E-state index is -0.849. The second-order valence-corrected chi connectivity index (χ2v) is 24.2. The summed E-state index contributed by atoms with van der Waals surface area (Å²) in [5, 5.41) is 23.2. The molecule has 0 aliphatic carbocycles. The number of amides is 1. The van der Waals surface area contributed by atoms with Crippen LogP contribution in [0.15, 0.2) is 24.3 Å². The maximum Gasteiger partial charge on any atom is 0.305 e. The number of nitrogens with one attached hydrogen (secondary N) is 1. The van der Waals surface area contributed by atoms with E-state index in [1.165, 1.54) is 321 Å². The third-order valence-electron chi connectivity index (χ3n) is 16.5. The van der Waals surface area contributed by atoms with Crippen molar-refractivity contribution in [1.82, 2.24) is 5.32 Å². The molecule has 2 unspecified atom stereocenters. The average Bonchev–Trinajstić information content (AvgIpc) is 3.43. The lowest BCUT2D eigenvalue weighted by Crippen LogP contribution is -2.45. The number of carbonyl (C=O) groups excluding carboxylic acids is 2. The molecule has 2 atom stereocenters. The Labute approximate surface area is 481 Å². The van der Waals surface area contributed by atoms with Crippen molar-refractivity contribution in [3.63, 3.8) is 0 Å². The van der Waals surface area contributed by atoms with Gasteiger partial charge in [-0.1, -0.05) is 346 Å². The van der Waals surface area contributed by atoms with E-state index in [1.54, 1.807) is 6.08 Å². The molecule has 0 saturated carbocycles. The first-order valence-corrected chi connectivity index (χ1v) is 35.1. The third kappa shape index (κ3) is 63.4. The van der Waals surface area contributed by atoms with Gasteiger partial charge in [-0.3, -0.25) is 9.59 Å². The van der Waals surface area contributed by atoms with Crippen LogP contribution in [0.2, 0.25) is 0 Å². The topological polar surface area (TPSA) is 95.9 Å². The summed E-state index contributed by atoms with van der Waals surface area (Å²) in [7, 11) is 0. The molecule has 0 heterocycles. The molecule has 6 nitrogen and oxygen atoms in total. The number of unbranched alkanes of at least 4 members (excludes halogenated alkanes) is 53. The van der Waals surface area contributed by atoms with Crippen molar-refractivity contribution < 1.29 is 24.5 Å². The van der Waals surface area contributed by atoms with Gasteiger partial charge in [-0.2, -0.15) is 0 Å². The van der Waals surface area contributed by atoms with Gasteiger partial charge in [0, 0.05) is 12.8 Å². The van der Waals surface area contributed by atoms with Crippen LogP contribution in [0, 0.1) is 0 Å². The largest absolute Gasteiger partial charge is 0.466 e. The second-order valence-electron chi connectivity index (χ2n) is 24.2. The predicted octanol–water partition coefficient (Wildman–Crippen LogP) is 22.5. The van der Waals surface area contributed by atoms with Gasteiger partial charge in [-0.05, 0) is 57.8 Å². The molecule has 0 aromatic heterocycles. The molecule has 0 bridgehead atoms. The van der Waals surface area contributed by atoms with E-state index in [4.69, 9.17) is 4.74 Å². The Bertz CT molecular complexity index is 1200.